The van der Waals surface area contributed by atoms with E-state index in [1.54, 1.807) is 19.5 Å². The molecule has 122 valence electrons. The molecule has 1 aliphatic rings. The third-order valence-electron chi connectivity index (χ3n) is 4.04. The predicted molar refractivity (Wildman–Crippen MR) is 86.0 cm³/mol. The number of aromatic nitrogens is 2. The summed E-state index contributed by atoms with van der Waals surface area (Å²) in [4.78, 5) is 25.2. The van der Waals surface area contributed by atoms with Crippen molar-refractivity contribution in [1.82, 2.24) is 14.9 Å². The van der Waals surface area contributed by atoms with E-state index in [0.717, 1.165) is 25.9 Å². The Balaban J connectivity index is 2.06. The summed E-state index contributed by atoms with van der Waals surface area (Å²) in [6.45, 7) is 7.56. The number of hydrogen-bond acceptors (Lipinski definition) is 5. The Hall–Kier alpha value is -1.85. The van der Waals surface area contributed by atoms with Gasteiger partial charge >= 0.3 is 0 Å². The molecule has 1 unspecified atom stereocenters. The van der Waals surface area contributed by atoms with E-state index in [-0.39, 0.29) is 17.4 Å². The number of methoxy groups -OCH3 is 1. The lowest BCUT2D eigenvalue weighted by atomic mass is 9.93. The van der Waals surface area contributed by atoms with E-state index in [0.29, 0.717) is 11.7 Å². The van der Waals surface area contributed by atoms with Crippen LogP contribution in [0.1, 0.15) is 33.6 Å². The molecule has 1 aliphatic heterocycles. The van der Waals surface area contributed by atoms with Gasteiger partial charge in [0.2, 0.25) is 11.9 Å². The zero-order valence-electron chi connectivity index (χ0n) is 14.2. The number of piperidine rings is 1. The zero-order chi connectivity index (χ0) is 16.3. The SMILES string of the molecule is COc1cnc(N2CCCC(N(C)C(=O)C(C)(C)C)C2)nc1. The van der Waals surface area contributed by atoms with Crippen LogP contribution in [-0.4, -0.2) is 54.1 Å². The van der Waals surface area contributed by atoms with Crippen LogP contribution in [0.4, 0.5) is 5.95 Å². The predicted octanol–water partition coefficient (Wildman–Crippen LogP) is 1.96. The highest BCUT2D eigenvalue weighted by atomic mass is 16.5. The molecule has 1 atom stereocenters. The Labute approximate surface area is 132 Å². The maximum Gasteiger partial charge on any atom is 0.227 e. The quantitative estimate of drug-likeness (QED) is 0.854. The maximum atomic E-state index is 12.5. The third kappa shape index (κ3) is 3.67. The molecule has 1 aromatic heterocycles. The average Bonchev–Trinajstić information content (AvgIpc) is 2.53. The van der Waals surface area contributed by atoms with Crippen molar-refractivity contribution >= 4 is 11.9 Å². The minimum Gasteiger partial charge on any atom is -0.494 e. The molecule has 1 amide bonds. The fraction of sp³-hybridized carbons (Fsp3) is 0.688. The molecule has 1 fully saturated rings. The second-order valence-corrected chi connectivity index (χ2v) is 6.83. The van der Waals surface area contributed by atoms with E-state index >= 15 is 0 Å². The summed E-state index contributed by atoms with van der Waals surface area (Å²) in [6, 6.07) is 0.200. The smallest absolute Gasteiger partial charge is 0.227 e. The number of hydrogen-bond donors (Lipinski definition) is 0. The first-order valence-corrected chi connectivity index (χ1v) is 7.71. The van der Waals surface area contributed by atoms with Gasteiger partial charge in [-0.3, -0.25) is 4.79 Å². The van der Waals surface area contributed by atoms with Gasteiger partial charge in [0.25, 0.3) is 0 Å². The molecule has 6 nitrogen and oxygen atoms in total. The van der Waals surface area contributed by atoms with Crippen LogP contribution in [0, 0.1) is 5.41 Å². The van der Waals surface area contributed by atoms with Crippen molar-refractivity contribution in [2.24, 2.45) is 5.41 Å². The molecule has 0 aliphatic carbocycles. The molecule has 2 heterocycles. The van der Waals surface area contributed by atoms with E-state index in [1.165, 1.54) is 0 Å². The van der Waals surface area contributed by atoms with Gasteiger partial charge in [0, 0.05) is 31.6 Å². The molecular formula is C16H26N4O2. The molecule has 6 heteroatoms. The Morgan fingerprint density at radius 1 is 1.36 bits per heavy atom. The van der Waals surface area contributed by atoms with Crippen molar-refractivity contribution in [3.63, 3.8) is 0 Å². The number of ether oxygens (including phenoxy) is 1. The Bertz CT molecular complexity index is 510. The fourth-order valence-corrected chi connectivity index (χ4v) is 2.73. The standard InChI is InChI=1S/C16H26N4O2/c1-16(2,3)14(21)19(4)12-7-6-8-20(11-12)15-17-9-13(22-5)10-18-15/h9-10,12H,6-8,11H2,1-5H3. The molecule has 22 heavy (non-hydrogen) atoms. The number of carbonyl (C=O) groups is 1. The second kappa shape index (κ2) is 6.50. The lowest BCUT2D eigenvalue weighted by Gasteiger charge is -2.39. The van der Waals surface area contributed by atoms with Gasteiger partial charge in [0.05, 0.1) is 19.5 Å². The summed E-state index contributed by atoms with van der Waals surface area (Å²) in [5, 5.41) is 0. The largest absolute Gasteiger partial charge is 0.494 e. The van der Waals surface area contributed by atoms with Crippen LogP contribution in [0.2, 0.25) is 0 Å². The number of anilines is 1. The maximum absolute atomic E-state index is 12.5. The normalized spacial score (nSPS) is 19.0. The Morgan fingerprint density at radius 3 is 2.55 bits per heavy atom. The minimum atomic E-state index is -0.354. The van der Waals surface area contributed by atoms with Crippen molar-refractivity contribution in [2.45, 2.75) is 39.7 Å². The molecule has 0 aromatic carbocycles. The van der Waals surface area contributed by atoms with Crippen LogP contribution in [0.25, 0.3) is 0 Å². The first-order valence-electron chi connectivity index (χ1n) is 7.71. The van der Waals surface area contributed by atoms with E-state index in [9.17, 15) is 4.79 Å². The highest BCUT2D eigenvalue weighted by Crippen LogP contribution is 2.24. The summed E-state index contributed by atoms with van der Waals surface area (Å²) in [6.07, 6.45) is 5.40. The van der Waals surface area contributed by atoms with Crippen molar-refractivity contribution in [3.05, 3.63) is 12.4 Å². The zero-order valence-corrected chi connectivity index (χ0v) is 14.2. The van der Waals surface area contributed by atoms with E-state index in [1.807, 2.05) is 32.7 Å². The second-order valence-electron chi connectivity index (χ2n) is 6.83. The monoisotopic (exact) mass is 306 g/mol. The number of likely N-dealkylation sites (N-methyl/N-ethyl adjacent to an activating group) is 1. The van der Waals surface area contributed by atoms with Crippen LogP contribution in [0.15, 0.2) is 12.4 Å². The van der Waals surface area contributed by atoms with Crippen molar-refractivity contribution in [2.75, 3.05) is 32.1 Å². The lowest BCUT2D eigenvalue weighted by Crippen LogP contribution is -2.51. The van der Waals surface area contributed by atoms with E-state index in [2.05, 4.69) is 14.9 Å². The van der Waals surface area contributed by atoms with Gasteiger partial charge in [-0.1, -0.05) is 20.8 Å². The molecule has 0 bridgehead atoms. The number of rotatable bonds is 3. The fourth-order valence-electron chi connectivity index (χ4n) is 2.73. The summed E-state index contributed by atoms with van der Waals surface area (Å²) in [5.41, 5.74) is -0.354. The summed E-state index contributed by atoms with van der Waals surface area (Å²) < 4.78 is 5.09. The van der Waals surface area contributed by atoms with Gasteiger partial charge in [-0.15, -0.1) is 0 Å². The van der Waals surface area contributed by atoms with Gasteiger partial charge in [-0.2, -0.15) is 0 Å². The Morgan fingerprint density at radius 2 is 2.00 bits per heavy atom. The highest BCUT2D eigenvalue weighted by Gasteiger charge is 2.32. The summed E-state index contributed by atoms with van der Waals surface area (Å²) in [7, 11) is 3.50. The van der Waals surface area contributed by atoms with E-state index in [4.69, 9.17) is 4.74 Å². The van der Waals surface area contributed by atoms with Gasteiger partial charge in [-0.05, 0) is 12.8 Å². The van der Waals surface area contributed by atoms with Gasteiger partial charge in [-0.25, -0.2) is 9.97 Å². The first kappa shape index (κ1) is 16.5. The van der Waals surface area contributed by atoms with Crippen LogP contribution in [0.3, 0.4) is 0 Å². The molecule has 0 radical (unpaired) electrons. The molecule has 0 spiro atoms. The van der Waals surface area contributed by atoms with Crippen LogP contribution in [-0.2, 0) is 4.79 Å². The lowest BCUT2D eigenvalue weighted by molar-refractivity contribution is -0.140. The van der Waals surface area contributed by atoms with Gasteiger partial charge in [0.1, 0.15) is 0 Å². The first-order chi connectivity index (χ1) is 10.3. The summed E-state index contributed by atoms with van der Waals surface area (Å²) in [5.74, 6) is 1.52. The number of carbonyl (C=O) groups excluding carboxylic acids is 1. The Kier molecular flexibility index (Phi) is 4.88. The molecule has 0 N–H and O–H groups in total. The number of amides is 1. The van der Waals surface area contributed by atoms with Crippen molar-refractivity contribution in [3.8, 4) is 5.75 Å². The summed E-state index contributed by atoms with van der Waals surface area (Å²) >= 11 is 0. The van der Waals surface area contributed by atoms with Crippen molar-refractivity contribution < 1.29 is 9.53 Å². The van der Waals surface area contributed by atoms with Crippen LogP contribution >= 0.6 is 0 Å². The molecular weight excluding hydrogens is 280 g/mol. The van der Waals surface area contributed by atoms with Gasteiger partial charge in [0.15, 0.2) is 5.75 Å². The minimum absolute atomic E-state index is 0.176. The van der Waals surface area contributed by atoms with E-state index < -0.39 is 0 Å². The third-order valence-corrected chi connectivity index (χ3v) is 4.04. The average molecular weight is 306 g/mol. The highest BCUT2D eigenvalue weighted by molar-refractivity contribution is 5.81. The van der Waals surface area contributed by atoms with Gasteiger partial charge < -0.3 is 14.5 Å². The molecule has 1 saturated heterocycles. The number of nitrogens with zero attached hydrogens (tertiary/aromatic N) is 4. The van der Waals surface area contributed by atoms with Crippen LogP contribution < -0.4 is 9.64 Å². The van der Waals surface area contributed by atoms with Crippen molar-refractivity contribution in [1.29, 1.82) is 0 Å². The molecule has 2 rings (SSSR count). The van der Waals surface area contributed by atoms with Crippen LogP contribution in [0.5, 0.6) is 5.75 Å². The molecule has 1 aromatic rings. The topological polar surface area (TPSA) is 58.6 Å². The molecule has 0 saturated carbocycles.